The molecule has 0 bridgehead atoms. The van der Waals surface area contributed by atoms with Crippen LogP contribution in [0.15, 0.2) is 30.6 Å². The zero-order chi connectivity index (χ0) is 10.8. The number of anilines is 1. The molecule has 0 aliphatic rings. The summed E-state index contributed by atoms with van der Waals surface area (Å²) in [6.45, 7) is 4.86. The summed E-state index contributed by atoms with van der Waals surface area (Å²) in [6, 6.07) is 5.99. The fraction of sp³-hybridized carbons (Fsp3) is 0.250. The van der Waals surface area contributed by atoms with Crippen LogP contribution in [0.2, 0.25) is 0 Å². The van der Waals surface area contributed by atoms with Gasteiger partial charge in [0.05, 0.1) is 12.7 Å². The number of hydrogen-bond donors (Lipinski definition) is 1. The molecule has 3 nitrogen and oxygen atoms in total. The Morgan fingerprint density at radius 2 is 2.13 bits per heavy atom. The Morgan fingerprint density at radius 1 is 1.33 bits per heavy atom. The first-order valence-corrected chi connectivity index (χ1v) is 5.00. The maximum absolute atomic E-state index is 5.85. The van der Waals surface area contributed by atoms with Crippen LogP contribution in [0.4, 0.5) is 5.69 Å². The largest absolute Gasteiger partial charge is 0.399 e. The van der Waals surface area contributed by atoms with E-state index in [1.165, 1.54) is 11.1 Å². The molecule has 0 saturated heterocycles. The standard InChI is InChI=1S/C12H15N3/c1-9-6-14-15(7-9)8-11-4-3-5-12(13)10(11)2/h3-7H,8,13H2,1-2H3. The lowest BCUT2D eigenvalue weighted by atomic mass is 10.1. The Labute approximate surface area is 89.5 Å². The lowest BCUT2D eigenvalue weighted by Crippen LogP contribution is -2.03. The summed E-state index contributed by atoms with van der Waals surface area (Å²) in [5.41, 5.74) is 10.2. The van der Waals surface area contributed by atoms with E-state index in [1.807, 2.05) is 43.1 Å². The van der Waals surface area contributed by atoms with E-state index < -0.39 is 0 Å². The highest BCUT2D eigenvalue weighted by Crippen LogP contribution is 2.16. The van der Waals surface area contributed by atoms with E-state index in [-0.39, 0.29) is 0 Å². The van der Waals surface area contributed by atoms with Crippen molar-refractivity contribution in [2.45, 2.75) is 20.4 Å². The van der Waals surface area contributed by atoms with Crippen molar-refractivity contribution in [3.63, 3.8) is 0 Å². The highest BCUT2D eigenvalue weighted by atomic mass is 15.3. The van der Waals surface area contributed by atoms with Crippen molar-refractivity contribution in [2.75, 3.05) is 5.73 Å². The van der Waals surface area contributed by atoms with E-state index in [9.17, 15) is 0 Å². The van der Waals surface area contributed by atoms with Gasteiger partial charge in [-0.2, -0.15) is 5.10 Å². The van der Waals surface area contributed by atoms with Crippen LogP contribution < -0.4 is 5.73 Å². The molecule has 0 aliphatic carbocycles. The van der Waals surface area contributed by atoms with Gasteiger partial charge >= 0.3 is 0 Å². The summed E-state index contributed by atoms with van der Waals surface area (Å²) in [6.07, 6.45) is 3.89. The molecule has 0 unspecified atom stereocenters. The van der Waals surface area contributed by atoms with Crippen molar-refractivity contribution >= 4 is 5.69 Å². The highest BCUT2D eigenvalue weighted by molar-refractivity contribution is 5.49. The van der Waals surface area contributed by atoms with E-state index in [4.69, 9.17) is 5.73 Å². The van der Waals surface area contributed by atoms with Crippen molar-refractivity contribution in [1.82, 2.24) is 9.78 Å². The first-order valence-electron chi connectivity index (χ1n) is 5.00. The predicted octanol–water partition coefficient (Wildman–Crippen LogP) is 2.13. The molecule has 0 amide bonds. The van der Waals surface area contributed by atoms with Gasteiger partial charge in [0.2, 0.25) is 0 Å². The highest BCUT2D eigenvalue weighted by Gasteiger charge is 2.02. The normalized spacial score (nSPS) is 10.5. The Hall–Kier alpha value is -1.77. The molecule has 78 valence electrons. The zero-order valence-corrected chi connectivity index (χ0v) is 9.07. The molecule has 1 aromatic heterocycles. The fourth-order valence-electron chi connectivity index (χ4n) is 1.60. The SMILES string of the molecule is Cc1cnn(Cc2cccc(N)c2C)c1. The molecule has 0 atom stereocenters. The predicted molar refractivity (Wildman–Crippen MR) is 61.7 cm³/mol. The molecular weight excluding hydrogens is 186 g/mol. The Balaban J connectivity index is 2.28. The Morgan fingerprint density at radius 3 is 2.80 bits per heavy atom. The molecule has 0 fully saturated rings. The van der Waals surface area contributed by atoms with Gasteiger partial charge in [-0.1, -0.05) is 12.1 Å². The second-order valence-electron chi connectivity index (χ2n) is 3.85. The molecule has 2 aromatic rings. The van der Waals surface area contributed by atoms with E-state index in [0.717, 1.165) is 17.8 Å². The van der Waals surface area contributed by atoms with Crippen LogP contribution in [-0.4, -0.2) is 9.78 Å². The molecule has 0 saturated carbocycles. The van der Waals surface area contributed by atoms with E-state index in [2.05, 4.69) is 11.2 Å². The molecule has 0 aliphatic heterocycles. The second-order valence-corrected chi connectivity index (χ2v) is 3.85. The number of aryl methyl sites for hydroxylation is 1. The minimum Gasteiger partial charge on any atom is -0.399 e. The van der Waals surface area contributed by atoms with Crippen LogP contribution in [0, 0.1) is 13.8 Å². The quantitative estimate of drug-likeness (QED) is 0.756. The van der Waals surface area contributed by atoms with Crippen LogP contribution in [0.5, 0.6) is 0 Å². The summed E-state index contributed by atoms with van der Waals surface area (Å²) in [5, 5.41) is 4.26. The third-order valence-corrected chi connectivity index (χ3v) is 2.58. The number of nitrogen functional groups attached to an aromatic ring is 1. The van der Waals surface area contributed by atoms with Gasteiger partial charge in [-0.25, -0.2) is 0 Å². The topological polar surface area (TPSA) is 43.8 Å². The molecule has 15 heavy (non-hydrogen) atoms. The van der Waals surface area contributed by atoms with Crippen molar-refractivity contribution < 1.29 is 0 Å². The van der Waals surface area contributed by atoms with Crippen molar-refractivity contribution in [3.05, 3.63) is 47.3 Å². The maximum atomic E-state index is 5.85. The van der Waals surface area contributed by atoms with Gasteiger partial charge < -0.3 is 5.73 Å². The third-order valence-electron chi connectivity index (χ3n) is 2.58. The molecule has 1 aromatic carbocycles. The van der Waals surface area contributed by atoms with Crippen LogP contribution in [0.1, 0.15) is 16.7 Å². The van der Waals surface area contributed by atoms with E-state index in [0.29, 0.717) is 0 Å². The van der Waals surface area contributed by atoms with Gasteiger partial charge in [-0.05, 0) is 36.6 Å². The van der Waals surface area contributed by atoms with Crippen molar-refractivity contribution in [3.8, 4) is 0 Å². The van der Waals surface area contributed by atoms with Crippen LogP contribution >= 0.6 is 0 Å². The number of nitrogens with two attached hydrogens (primary N) is 1. The Kier molecular flexibility index (Phi) is 2.46. The molecule has 0 radical (unpaired) electrons. The van der Waals surface area contributed by atoms with Gasteiger partial charge in [0.1, 0.15) is 0 Å². The number of nitrogens with zero attached hydrogens (tertiary/aromatic N) is 2. The molecule has 3 heteroatoms. The molecular formula is C12H15N3. The third kappa shape index (κ3) is 2.01. The summed E-state index contributed by atoms with van der Waals surface area (Å²) in [4.78, 5) is 0. The van der Waals surface area contributed by atoms with Crippen LogP contribution in [0.25, 0.3) is 0 Å². The first-order chi connectivity index (χ1) is 7.16. The molecule has 1 heterocycles. The number of rotatable bonds is 2. The zero-order valence-electron chi connectivity index (χ0n) is 9.07. The number of hydrogen-bond acceptors (Lipinski definition) is 2. The molecule has 2 N–H and O–H groups in total. The monoisotopic (exact) mass is 201 g/mol. The average Bonchev–Trinajstić information content (AvgIpc) is 2.59. The van der Waals surface area contributed by atoms with Crippen LogP contribution in [0.3, 0.4) is 0 Å². The second kappa shape index (κ2) is 3.77. The molecule has 0 spiro atoms. The first kappa shape index (κ1) is 9.77. The van der Waals surface area contributed by atoms with Gasteiger partial charge in [0.25, 0.3) is 0 Å². The van der Waals surface area contributed by atoms with E-state index in [1.54, 1.807) is 0 Å². The average molecular weight is 201 g/mol. The van der Waals surface area contributed by atoms with Crippen molar-refractivity contribution in [1.29, 1.82) is 0 Å². The van der Waals surface area contributed by atoms with Gasteiger partial charge in [-0.15, -0.1) is 0 Å². The maximum Gasteiger partial charge on any atom is 0.0662 e. The smallest absolute Gasteiger partial charge is 0.0662 e. The summed E-state index contributed by atoms with van der Waals surface area (Å²) in [7, 11) is 0. The summed E-state index contributed by atoms with van der Waals surface area (Å²) < 4.78 is 1.93. The number of benzene rings is 1. The van der Waals surface area contributed by atoms with Gasteiger partial charge in [0.15, 0.2) is 0 Å². The molecule has 2 rings (SSSR count). The van der Waals surface area contributed by atoms with Gasteiger partial charge in [-0.3, -0.25) is 4.68 Å². The lowest BCUT2D eigenvalue weighted by molar-refractivity contribution is 0.684. The summed E-state index contributed by atoms with van der Waals surface area (Å²) in [5.74, 6) is 0. The van der Waals surface area contributed by atoms with E-state index >= 15 is 0 Å². The van der Waals surface area contributed by atoms with Crippen molar-refractivity contribution in [2.24, 2.45) is 0 Å². The lowest BCUT2D eigenvalue weighted by Gasteiger charge is -2.08. The minimum atomic E-state index is 0.782. The van der Waals surface area contributed by atoms with Gasteiger partial charge in [0, 0.05) is 11.9 Å². The number of aromatic nitrogens is 2. The Bertz CT molecular complexity index is 471. The summed E-state index contributed by atoms with van der Waals surface area (Å²) >= 11 is 0. The van der Waals surface area contributed by atoms with Crippen LogP contribution in [-0.2, 0) is 6.54 Å². The minimum absolute atomic E-state index is 0.782. The fourth-order valence-corrected chi connectivity index (χ4v) is 1.60.